The molecule has 6 nitrogen and oxygen atoms in total. The number of carbonyl (C=O) groups is 1. The van der Waals surface area contributed by atoms with E-state index in [0.717, 1.165) is 48.3 Å². The van der Waals surface area contributed by atoms with Crippen LogP contribution in [0.25, 0.3) is 10.8 Å². The molecule has 3 heterocycles. The molecular formula is C20H21ClN4O2S. The van der Waals surface area contributed by atoms with E-state index in [1.807, 2.05) is 35.7 Å². The highest BCUT2D eigenvalue weighted by molar-refractivity contribution is 7.13. The smallest absolute Gasteiger partial charge is 0.230 e. The van der Waals surface area contributed by atoms with E-state index in [0.29, 0.717) is 10.8 Å². The van der Waals surface area contributed by atoms with Gasteiger partial charge in [0.15, 0.2) is 10.8 Å². The zero-order valence-corrected chi connectivity index (χ0v) is 17.1. The molecule has 146 valence electrons. The monoisotopic (exact) mass is 416 g/mol. The average Bonchev–Trinajstić information content (AvgIpc) is 3.34. The average molecular weight is 417 g/mol. The lowest BCUT2D eigenvalue weighted by molar-refractivity contribution is -0.115. The summed E-state index contributed by atoms with van der Waals surface area (Å²) in [5.41, 5.74) is 2.46. The third-order valence-electron chi connectivity index (χ3n) is 4.70. The highest BCUT2D eigenvalue weighted by Crippen LogP contribution is 2.30. The topological polar surface area (TPSA) is 61.6 Å². The van der Waals surface area contributed by atoms with Crippen LogP contribution in [-0.2, 0) is 11.2 Å². The molecule has 1 aliphatic rings. The van der Waals surface area contributed by atoms with E-state index in [9.17, 15) is 4.79 Å². The van der Waals surface area contributed by atoms with Crippen LogP contribution >= 0.6 is 22.9 Å². The summed E-state index contributed by atoms with van der Waals surface area (Å²) < 4.78 is 5.36. The van der Waals surface area contributed by atoms with Crippen molar-refractivity contribution in [2.45, 2.75) is 6.42 Å². The largest absolute Gasteiger partial charge is 0.462 e. The van der Waals surface area contributed by atoms with Gasteiger partial charge in [0.05, 0.1) is 29.8 Å². The van der Waals surface area contributed by atoms with Gasteiger partial charge in [0.2, 0.25) is 5.91 Å². The first-order valence-electron chi connectivity index (χ1n) is 9.09. The second-order valence-electron chi connectivity index (χ2n) is 6.80. The normalized spacial score (nSPS) is 15.0. The van der Waals surface area contributed by atoms with Crippen LogP contribution in [0.5, 0.6) is 0 Å². The summed E-state index contributed by atoms with van der Waals surface area (Å²) in [6, 6.07) is 9.32. The Morgan fingerprint density at radius 2 is 2.11 bits per heavy atom. The van der Waals surface area contributed by atoms with Gasteiger partial charge < -0.3 is 19.5 Å². The number of aromatic nitrogens is 1. The zero-order valence-electron chi connectivity index (χ0n) is 15.5. The first-order valence-corrected chi connectivity index (χ1v) is 10.4. The fourth-order valence-electron chi connectivity index (χ4n) is 3.19. The number of halogens is 1. The minimum absolute atomic E-state index is 0.117. The van der Waals surface area contributed by atoms with Crippen molar-refractivity contribution < 1.29 is 9.21 Å². The number of furan rings is 1. The fraction of sp³-hybridized carbons (Fsp3) is 0.300. The SMILES string of the molecule is CN1CCN(c2ccc(Cl)cc2NC(=O)Cc2csc(-c3ccco3)n2)CC1. The maximum Gasteiger partial charge on any atom is 0.230 e. The van der Waals surface area contributed by atoms with E-state index in [4.69, 9.17) is 16.0 Å². The van der Waals surface area contributed by atoms with Gasteiger partial charge in [0.1, 0.15) is 0 Å². The molecule has 1 aromatic carbocycles. The second-order valence-corrected chi connectivity index (χ2v) is 8.09. The van der Waals surface area contributed by atoms with E-state index in [1.165, 1.54) is 11.3 Å². The molecule has 0 spiro atoms. The number of nitrogens with one attached hydrogen (secondary N) is 1. The molecule has 28 heavy (non-hydrogen) atoms. The van der Waals surface area contributed by atoms with Gasteiger partial charge >= 0.3 is 0 Å². The lowest BCUT2D eigenvalue weighted by Gasteiger charge is -2.35. The number of benzene rings is 1. The molecule has 4 rings (SSSR count). The predicted octanol–water partition coefficient (Wildman–Crippen LogP) is 3.99. The molecule has 1 N–H and O–H groups in total. The van der Waals surface area contributed by atoms with Crippen LogP contribution in [-0.4, -0.2) is 49.0 Å². The van der Waals surface area contributed by atoms with E-state index in [-0.39, 0.29) is 12.3 Å². The summed E-state index contributed by atoms with van der Waals surface area (Å²) in [5, 5.41) is 6.27. The zero-order chi connectivity index (χ0) is 19.5. The Morgan fingerprint density at radius 3 is 2.86 bits per heavy atom. The minimum atomic E-state index is -0.117. The fourth-order valence-corrected chi connectivity index (χ4v) is 4.15. The molecule has 0 bridgehead atoms. The number of carbonyl (C=O) groups excluding carboxylic acids is 1. The van der Waals surface area contributed by atoms with Crippen molar-refractivity contribution in [3.8, 4) is 10.8 Å². The molecule has 0 radical (unpaired) electrons. The number of nitrogens with zero attached hydrogens (tertiary/aromatic N) is 3. The van der Waals surface area contributed by atoms with Gasteiger partial charge in [-0.15, -0.1) is 11.3 Å². The van der Waals surface area contributed by atoms with Crippen molar-refractivity contribution in [1.29, 1.82) is 0 Å². The first-order chi connectivity index (χ1) is 13.6. The number of anilines is 2. The Balaban J connectivity index is 1.46. The number of likely N-dealkylation sites (N-methyl/N-ethyl adjacent to an activating group) is 1. The van der Waals surface area contributed by atoms with Crippen LogP contribution < -0.4 is 10.2 Å². The quantitative estimate of drug-likeness (QED) is 0.681. The van der Waals surface area contributed by atoms with Gasteiger partial charge in [0, 0.05) is 36.6 Å². The van der Waals surface area contributed by atoms with Gasteiger partial charge in [-0.3, -0.25) is 4.79 Å². The number of hydrogen-bond acceptors (Lipinski definition) is 6. The summed E-state index contributed by atoms with van der Waals surface area (Å²) in [7, 11) is 2.12. The number of piperazine rings is 1. The lowest BCUT2D eigenvalue weighted by atomic mass is 10.2. The highest BCUT2D eigenvalue weighted by Gasteiger charge is 2.19. The van der Waals surface area contributed by atoms with Crippen molar-refractivity contribution in [2.75, 3.05) is 43.4 Å². The van der Waals surface area contributed by atoms with E-state index >= 15 is 0 Å². The molecule has 1 aliphatic heterocycles. The highest BCUT2D eigenvalue weighted by atomic mass is 35.5. The summed E-state index contributed by atoms with van der Waals surface area (Å²) in [6.07, 6.45) is 1.81. The molecule has 0 aliphatic carbocycles. The third-order valence-corrected chi connectivity index (χ3v) is 5.84. The third kappa shape index (κ3) is 4.38. The number of rotatable bonds is 5. The van der Waals surface area contributed by atoms with Gasteiger partial charge in [-0.05, 0) is 37.4 Å². The Kier molecular flexibility index (Phi) is 5.66. The molecular weight excluding hydrogens is 396 g/mol. The maximum absolute atomic E-state index is 12.6. The van der Waals surface area contributed by atoms with Crippen molar-refractivity contribution in [3.05, 3.63) is 52.7 Å². The lowest BCUT2D eigenvalue weighted by Crippen LogP contribution is -2.44. The second kappa shape index (κ2) is 8.34. The summed E-state index contributed by atoms with van der Waals surface area (Å²) >= 11 is 7.65. The first kappa shape index (κ1) is 19.0. The van der Waals surface area contributed by atoms with E-state index in [2.05, 4.69) is 27.1 Å². The van der Waals surface area contributed by atoms with Crippen molar-refractivity contribution in [1.82, 2.24) is 9.88 Å². The van der Waals surface area contributed by atoms with Gasteiger partial charge in [-0.2, -0.15) is 0 Å². The summed E-state index contributed by atoms with van der Waals surface area (Å²) in [6.45, 7) is 3.81. The molecule has 0 unspecified atom stereocenters. The Morgan fingerprint density at radius 1 is 1.29 bits per heavy atom. The van der Waals surface area contributed by atoms with Gasteiger partial charge in [-0.25, -0.2) is 4.98 Å². The molecule has 1 amide bonds. The minimum Gasteiger partial charge on any atom is -0.462 e. The van der Waals surface area contributed by atoms with Gasteiger partial charge in [0.25, 0.3) is 0 Å². The summed E-state index contributed by atoms with van der Waals surface area (Å²) in [4.78, 5) is 21.7. The molecule has 1 saturated heterocycles. The summed E-state index contributed by atoms with van der Waals surface area (Å²) in [5.74, 6) is 0.595. The Bertz CT molecular complexity index is 949. The number of amides is 1. The van der Waals surface area contributed by atoms with Crippen LogP contribution in [0.1, 0.15) is 5.69 Å². The molecule has 0 atom stereocenters. The standard InChI is InChI=1S/C20H21ClN4O2S/c1-24-6-8-25(9-7-24)17-5-4-14(21)11-16(17)23-19(26)12-15-13-28-20(22-15)18-3-2-10-27-18/h2-5,10-11,13H,6-9,12H2,1H3,(H,23,26). The van der Waals surface area contributed by atoms with E-state index < -0.39 is 0 Å². The number of hydrogen-bond donors (Lipinski definition) is 1. The number of thiazole rings is 1. The van der Waals surface area contributed by atoms with Crippen LogP contribution in [0.3, 0.4) is 0 Å². The molecule has 0 saturated carbocycles. The molecule has 2 aromatic heterocycles. The van der Waals surface area contributed by atoms with Crippen molar-refractivity contribution in [2.24, 2.45) is 0 Å². The van der Waals surface area contributed by atoms with E-state index in [1.54, 1.807) is 6.26 Å². The van der Waals surface area contributed by atoms with Crippen LogP contribution in [0.15, 0.2) is 46.4 Å². The Hall–Kier alpha value is -2.35. The van der Waals surface area contributed by atoms with Crippen LogP contribution in [0.2, 0.25) is 5.02 Å². The predicted molar refractivity (Wildman–Crippen MR) is 113 cm³/mol. The van der Waals surface area contributed by atoms with Gasteiger partial charge in [-0.1, -0.05) is 11.6 Å². The molecule has 3 aromatic rings. The van der Waals surface area contributed by atoms with Crippen LogP contribution in [0.4, 0.5) is 11.4 Å². The Labute approximate surface area is 172 Å². The van der Waals surface area contributed by atoms with Crippen molar-refractivity contribution in [3.63, 3.8) is 0 Å². The van der Waals surface area contributed by atoms with Crippen LogP contribution in [0, 0.1) is 0 Å². The molecule has 8 heteroatoms. The van der Waals surface area contributed by atoms with Crippen molar-refractivity contribution >= 4 is 40.2 Å². The maximum atomic E-state index is 12.6. The molecule has 1 fully saturated rings.